The van der Waals surface area contributed by atoms with Crippen molar-refractivity contribution in [2.45, 2.75) is 6.42 Å². The molecule has 1 amide bonds. The summed E-state index contributed by atoms with van der Waals surface area (Å²) in [4.78, 5) is 34.0. The van der Waals surface area contributed by atoms with E-state index in [0.29, 0.717) is 0 Å². The Bertz CT molecular complexity index is 574. The van der Waals surface area contributed by atoms with Crippen LogP contribution in [0.15, 0.2) is 18.2 Å². The zero-order valence-electron chi connectivity index (χ0n) is 9.58. The molecule has 1 atom stereocenters. The maximum atomic E-state index is 11.8. The van der Waals surface area contributed by atoms with E-state index >= 15 is 0 Å². The third-order valence-electron chi connectivity index (χ3n) is 2.90. The van der Waals surface area contributed by atoms with E-state index in [4.69, 9.17) is 16.7 Å². The minimum Gasteiger partial charge on any atom is -0.481 e. The Balaban J connectivity index is 2.42. The van der Waals surface area contributed by atoms with Crippen LogP contribution in [0.5, 0.6) is 0 Å². The topological polar surface area (TPSA) is 101 Å². The van der Waals surface area contributed by atoms with Crippen LogP contribution < -0.4 is 4.90 Å². The van der Waals surface area contributed by atoms with E-state index in [-0.39, 0.29) is 29.4 Å². The average molecular weight is 285 g/mol. The molecule has 1 aliphatic rings. The number of halogens is 1. The number of aliphatic carboxylic acids is 1. The van der Waals surface area contributed by atoms with Crippen molar-refractivity contribution in [2.75, 3.05) is 11.4 Å². The van der Waals surface area contributed by atoms with Crippen molar-refractivity contribution in [3.05, 3.63) is 33.3 Å². The van der Waals surface area contributed by atoms with Gasteiger partial charge in [-0.3, -0.25) is 19.7 Å². The molecule has 0 radical (unpaired) electrons. The van der Waals surface area contributed by atoms with E-state index < -0.39 is 22.7 Å². The van der Waals surface area contributed by atoms with Crippen LogP contribution in [-0.4, -0.2) is 28.5 Å². The molecular weight excluding hydrogens is 276 g/mol. The molecule has 1 aromatic rings. The summed E-state index contributed by atoms with van der Waals surface area (Å²) in [5.74, 6) is -2.41. The first-order valence-corrected chi connectivity index (χ1v) is 5.75. The molecule has 0 saturated carbocycles. The van der Waals surface area contributed by atoms with Crippen LogP contribution in [0.3, 0.4) is 0 Å². The van der Waals surface area contributed by atoms with Gasteiger partial charge in [0.25, 0.3) is 5.69 Å². The number of nitrogens with zero attached hydrogens (tertiary/aromatic N) is 2. The number of hydrogen-bond acceptors (Lipinski definition) is 4. The standard InChI is InChI=1S/C11H9ClN2O5/c12-7-1-2-8(14(18)19)9(4-7)13-5-6(11(16)17)3-10(13)15/h1-2,4,6H,3,5H2,(H,16,17). The van der Waals surface area contributed by atoms with Crippen LogP contribution in [0.4, 0.5) is 11.4 Å². The molecular formula is C11H9ClN2O5. The van der Waals surface area contributed by atoms with Crippen LogP contribution in [0.2, 0.25) is 5.02 Å². The van der Waals surface area contributed by atoms with E-state index in [2.05, 4.69) is 0 Å². The molecule has 1 fully saturated rings. The van der Waals surface area contributed by atoms with Crippen LogP contribution >= 0.6 is 11.6 Å². The van der Waals surface area contributed by atoms with E-state index in [1.54, 1.807) is 0 Å². The van der Waals surface area contributed by atoms with Gasteiger partial charge in [-0.1, -0.05) is 11.6 Å². The van der Waals surface area contributed by atoms with Crippen molar-refractivity contribution >= 4 is 34.9 Å². The molecule has 1 aliphatic heterocycles. The summed E-state index contributed by atoms with van der Waals surface area (Å²) in [5.41, 5.74) is -0.241. The number of hydrogen-bond donors (Lipinski definition) is 1. The maximum absolute atomic E-state index is 11.8. The van der Waals surface area contributed by atoms with Crippen molar-refractivity contribution in [1.82, 2.24) is 0 Å². The number of carbonyl (C=O) groups is 2. The monoisotopic (exact) mass is 284 g/mol. The first-order valence-electron chi connectivity index (χ1n) is 5.37. The van der Waals surface area contributed by atoms with E-state index in [1.165, 1.54) is 18.2 Å². The van der Waals surface area contributed by atoms with E-state index in [1.807, 2.05) is 0 Å². The van der Waals surface area contributed by atoms with Gasteiger partial charge in [0.05, 0.1) is 10.8 Å². The van der Waals surface area contributed by atoms with Gasteiger partial charge >= 0.3 is 5.97 Å². The highest BCUT2D eigenvalue weighted by atomic mass is 35.5. The number of carboxylic acids is 1. The molecule has 100 valence electrons. The van der Waals surface area contributed by atoms with Crippen LogP contribution in [0, 0.1) is 16.0 Å². The fourth-order valence-electron chi connectivity index (χ4n) is 1.97. The summed E-state index contributed by atoms with van der Waals surface area (Å²) >= 11 is 5.77. The molecule has 0 bridgehead atoms. The Kier molecular flexibility index (Phi) is 3.39. The lowest BCUT2D eigenvalue weighted by Gasteiger charge is -2.16. The van der Waals surface area contributed by atoms with Crippen LogP contribution in [0.25, 0.3) is 0 Å². The zero-order chi connectivity index (χ0) is 14.2. The molecule has 2 rings (SSSR count). The first-order chi connectivity index (χ1) is 8.90. The Morgan fingerprint density at radius 2 is 2.21 bits per heavy atom. The highest BCUT2D eigenvalue weighted by Gasteiger charge is 2.37. The molecule has 8 heteroatoms. The molecule has 0 spiro atoms. The number of amides is 1. The minimum absolute atomic E-state index is 0.0336. The number of rotatable bonds is 3. The number of carboxylic acid groups (broad SMARTS) is 1. The largest absolute Gasteiger partial charge is 0.481 e. The number of carbonyl (C=O) groups excluding carboxylic acids is 1. The third kappa shape index (κ3) is 2.50. The summed E-state index contributed by atoms with van der Waals surface area (Å²) in [6.45, 7) is -0.0879. The highest BCUT2D eigenvalue weighted by molar-refractivity contribution is 6.31. The Labute approximate surface area is 112 Å². The zero-order valence-corrected chi connectivity index (χ0v) is 10.3. The molecule has 0 aliphatic carbocycles. The first kappa shape index (κ1) is 13.3. The van der Waals surface area contributed by atoms with Gasteiger partial charge in [-0.25, -0.2) is 0 Å². The fourth-order valence-corrected chi connectivity index (χ4v) is 2.14. The lowest BCUT2D eigenvalue weighted by molar-refractivity contribution is -0.384. The van der Waals surface area contributed by atoms with E-state index in [9.17, 15) is 19.7 Å². The highest BCUT2D eigenvalue weighted by Crippen LogP contribution is 2.34. The van der Waals surface area contributed by atoms with Crippen molar-refractivity contribution in [3.63, 3.8) is 0 Å². The van der Waals surface area contributed by atoms with E-state index in [0.717, 1.165) is 4.90 Å². The Morgan fingerprint density at radius 1 is 1.53 bits per heavy atom. The molecule has 7 nitrogen and oxygen atoms in total. The number of anilines is 1. The van der Waals surface area contributed by atoms with Gasteiger partial charge in [0, 0.05) is 24.1 Å². The lowest BCUT2D eigenvalue weighted by Crippen LogP contribution is -2.26. The number of nitro groups is 1. The third-order valence-corrected chi connectivity index (χ3v) is 3.13. The molecule has 1 heterocycles. The second kappa shape index (κ2) is 4.85. The second-order valence-electron chi connectivity index (χ2n) is 4.13. The SMILES string of the molecule is O=C(O)C1CC(=O)N(c2cc(Cl)ccc2[N+](=O)[O-])C1. The van der Waals surface area contributed by atoms with Gasteiger partial charge in [-0.15, -0.1) is 0 Å². The number of benzene rings is 1. The van der Waals surface area contributed by atoms with Gasteiger partial charge in [-0.05, 0) is 12.1 Å². The maximum Gasteiger partial charge on any atom is 0.308 e. The predicted octanol–water partition coefficient (Wildman–Crippen LogP) is 1.69. The van der Waals surface area contributed by atoms with Crippen LogP contribution in [0.1, 0.15) is 6.42 Å². The van der Waals surface area contributed by atoms with Gasteiger partial charge in [0.15, 0.2) is 0 Å². The quantitative estimate of drug-likeness (QED) is 0.672. The summed E-state index contributed by atoms with van der Waals surface area (Å²) in [7, 11) is 0. The summed E-state index contributed by atoms with van der Waals surface area (Å²) < 4.78 is 0. The summed E-state index contributed by atoms with van der Waals surface area (Å²) in [5, 5.41) is 20.1. The molecule has 1 unspecified atom stereocenters. The lowest BCUT2D eigenvalue weighted by atomic mass is 10.1. The normalized spacial score (nSPS) is 18.7. The summed E-state index contributed by atoms with van der Waals surface area (Å²) in [6.07, 6.45) is -0.168. The average Bonchev–Trinajstić information content (AvgIpc) is 2.71. The molecule has 1 aromatic carbocycles. The molecule has 19 heavy (non-hydrogen) atoms. The smallest absolute Gasteiger partial charge is 0.308 e. The fraction of sp³-hybridized carbons (Fsp3) is 0.273. The Morgan fingerprint density at radius 3 is 2.74 bits per heavy atom. The minimum atomic E-state index is -1.10. The molecule has 1 N–H and O–H groups in total. The van der Waals surface area contributed by atoms with Crippen molar-refractivity contribution < 1.29 is 19.6 Å². The van der Waals surface area contributed by atoms with Gasteiger partial charge in [-0.2, -0.15) is 0 Å². The second-order valence-corrected chi connectivity index (χ2v) is 4.57. The predicted molar refractivity (Wildman–Crippen MR) is 66.2 cm³/mol. The van der Waals surface area contributed by atoms with Gasteiger partial charge < -0.3 is 10.0 Å². The van der Waals surface area contributed by atoms with Crippen LogP contribution in [-0.2, 0) is 9.59 Å². The van der Waals surface area contributed by atoms with Crippen molar-refractivity contribution in [3.8, 4) is 0 Å². The molecule has 1 saturated heterocycles. The van der Waals surface area contributed by atoms with Crippen molar-refractivity contribution in [2.24, 2.45) is 5.92 Å². The van der Waals surface area contributed by atoms with Gasteiger partial charge in [0.2, 0.25) is 5.91 Å². The van der Waals surface area contributed by atoms with Crippen molar-refractivity contribution in [1.29, 1.82) is 0 Å². The number of nitro benzene ring substituents is 1. The van der Waals surface area contributed by atoms with Gasteiger partial charge in [0.1, 0.15) is 5.69 Å². The molecule has 0 aromatic heterocycles. The Hall–Kier alpha value is -2.15. The summed E-state index contributed by atoms with van der Waals surface area (Å²) in [6, 6.07) is 3.83.